The van der Waals surface area contributed by atoms with E-state index in [1.807, 2.05) is 0 Å². The fourth-order valence-corrected chi connectivity index (χ4v) is 1.90. The lowest BCUT2D eigenvalue weighted by Gasteiger charge is -2.27. The van der Waals surface area contributed by atoms with Gasteiger partial charge in [0, 0.05) is 13.2 Å². The van der Waals surface area contributed by atoms with Gasteiger partial charge in [0.15, 0.2) is 0 Å². The fraction of sp³-hybridized carbons (Fsp3) is 1.00. The smallest absolute Gasteiger partial charge is 0.0833 e. The van der Waals surface area contributed by atoms with Gasteiger partial charge in [-0.25, -0.2) is 0 Å². The van der Waals surface area contributed by atoms with Crippen LogP contribution in [0.2, 0.25) is 0 Å². The van der Waals surface area contributed by atoms with Crippen LogP contribution < -0.4 is 0 Å². The zero-order valence-corrected chi connectivity index (χ0v) is 8.82. The second kappa shape index (κ2) is 7.21. The Morgan fingerprint density at radius 3 is 2.71 bits per heavy atom. The number of hydrogen-bond acceptors (Lipinski definition) is 3. The van der Waals surface area contributed by atoms with Gasteiger partial charge in [0.2, 0.25) is 0 Å². The molecule has 2 unspecified atom stereocenters. The molecule has 1 heterocycles. The van der Waals surface area contributed by atoms with Crippen molar-refractivity contribution in [1.29, 1.82) is 0 Å². The summed E-state index contributed by atoms with van der Waals surface area (Å²) >= 11 is 0. The highest BCUT2D eigenvalue weighted by atomic mass is 16.5. The van der Waals surface area contributed by atoms with Crippen molar-refractivity contribution in [2.75, 3.05) is 13.2 Å². The van der Waals surface area contributed by atoms with E-state index >= 15 is 0 Å². The Kier molecular flexibility index (Phi) is 6.15. The summed E-state index contributed by atoms with van der Waals surface area (Å²) in [5.74, 6) is 0. The van der Waals surface area contributed by atoms with E-state index in [1.165, 1.54) is 6.42 Å². The first-order valence-electron chi connectivity index (χ1n) is 5.75. The zero-order valence-electron chi connectivity index (χ0n) is 8.82. The molecule has 0 aromatic heterocycles. The van der Waals surface area contributed by atoms with E-state index in [0.29, 0.717) is 0 Å². The lowest BCUT2D eigenvalue weighted by Crippen LogP contribution is -2.32. The van der Waals surface area contributed by atoms with Crippen LogP contribution in [0.1, 0.15) is 44.9 Å². The summed E-state index contributed by atoms with van der Waals surface area (Å²) in [5.41, 5.74) is 0. The molecule has 0 bridgehead atoms. The highest BCUT2D eigenvalue weighted by molar-refractivity contribution is 4.72. The molecule has 0 spiro atoms. The van der Waals surface area contributed by atoms with E-state index in [0.717, 1.165) is 45.1 Å². The second-order valence-corrected chi connectivity index (χ2v) is 4.05. The lowest BCUT2D eigenvalue weighted by atomic mass is 10.00. The maximum Gasteiger partial charge on any atom is 0.0833 e. The maximum atomic E-state index is 9.79. The number of aliphatic hydroxyl groups is 2. The first-order chi connectivity index (χ1) is 6.84. The van der Waals surface area contributed by atoms with Crippen molar-refractivity contribution < 1.29 is 14.9 Å². The van der Waals surface area contributed by atoms with Crippen LogP contribution in [0, 0.1) is 0 Å². The van der Waals surface area contributed by atoms with Crippen molar-refractivity contribution in [3.05, 3.63) is 0 Å². The normalized spacial score (nSPS) is 24.9. The number of unbranched alkanes of at least 4 members (excludes halogenated alkanes) is 2. The summed E-state index contributed by atoms with van der Waals surface area (Å²) in [6.07, 6.45) is 6.73. The van der Waals surface area contributed by atoms with Crippen molar-refractivity contribution in [2.24, 2.45) is 0 Å². The van der Waals surface area contributed by atoms with Crippen LogP contribution in [0.25, 0.3) is 0 Å². The third-order valence-corrected chi connectivity index (χ3v) is 2.80. The number of rotatable bonds is 6. The van der Waals surface area contributed by atoms with Gasteiger partial charge in [-0.1, -0.05) is 12.8 Å². The van der Waals surface area contributed by atoms with Gasteiger partial charge in [-0.2, -0.15) is 0 Å². The molecule has 3 nitrogen and oxygen atoms in total. The minimum Gasteiger partial charge on any atom is -0.396 e. The molecule has 1 aliphatic heterocycles. The molecule has 1 fully saturated rings. The molecular weight excluding hydrogens is 180 g/mol. The van der Waals surface area contributed by atoms with E-state index in [2.05, 4.69) is 0 Å². The molecule has 0 amide bonds. The summed E-state index contributed by atoms with van der Waals surface area (Å²) in [6.45, 7) is 1.06. The molecule has 1 saturated heterocycles. The Hall–Kier alpha value is -0.120. The summed E-state index contributed by atoms with van der Waals surface area (Å²) < 4.78 is 5.50. The van der Waals surface area contributed by atoms with Gasteiger partial charge in [-0.15, -0.1) is 0 Å². The van der Waals surface area contributed by atoms with Crippen molar-refractivity contribution in [3.63, 3.8) is 0 Å². The monoisotopic (exact) mass is 202 g/mol. The van der Waals surface area contributed by atoms with Gasteiger partial charge in [-0.05, 0) is 32.1 Å². The molecule has 1 rings (SSSR count). The van der Waals surface area contributed by atoms with Crippen LogP contribution >= 0.6 is 0 Å². The summed E-state index contributed by atoms with van der Waals surface area (Å²) in [5, 5.41) is 18.4. The Morgan fingerprint density at radius 2 is 2.07 bits per heavy atom. The summed E-state index contributed by atoms with van der Waals surface area (Å²) in [7, 11) is 0. The van der Waals surface area contributed by atoms with Gasteiger partial charge in [0.05, 0.1) is 12.2 Å². The minimum absolute atomic E-state index is 0.0675. The second-order valence-electron chi connectivity index (χ2n) is 4.05. The topological polar surface area (TPSA) is 49.7 Å². The highest BCUT2D eigenvalue weighted by Crippen LogP contribution is 2.19. The van der Waals surface area contributed by atoms with Crippen molar-refractivity contribution in [2.45, 2.75) is 57.2 Å². The quantitative estimate of drug-likeness (QED) is 0.641. The van der Waals surface area contributed by atoms with E-state index in [4.69, 9.17) is 9.84 Å². The summed E-state index contributed by atoms with van der Waals surface area (Å²) in [6, 6.07) is 0. The molecule has 0 aromatic carbocycles. The van der Waals surface area contributed by atoms with Gasteiger partial charge < -0.3 is 14.9 Å². The van der Waals surface area contributed by atoms with E-state index in [9.17, 15) is 5.11 Å². The first-order valence-corrected chi connectivity index (χ1v) is 5.75. The molecular formula is C11H22O3. The predicted molar refractivity (Wildman–Crippen MR) is 55.2 cm³/mol. The largest absolute Gasteiger partial charge is 0.396 e. The van der Waals surface area contributed by atoms with Gasteiger partial charge >= 0.3 is 0 Å². The minimum atomic E-state index is -0.297. The SMILES string of the molecule is OCCCCCC(O)C1CCCCO1. The first kappa shape index (κ1) is 12.0. The Balaban J connectivity index is 2.04. The van der Waals surface area contributed by atoms with Crippen LogP contribution in [0.3, 0.4) is 0 Å². The Bertz CT molecular complexity index is 132. The molecule has 14 heavy (non-hydrogen) atoms. The van der Waals surface area contributed by atoms with E-state index in [-0.39, 0.29) is 18.8 Å². The van der Waals surface area contributed by atoms with Gasteiger partial charge in [-0.3, -0.25) is 0 Å². The lowest BCUT2D eigenvalue weighted by molar-refractivity contribution is -0.0649. The molecule has 0 saturated carbocycles. The molecule has 84 valence electrons. The molecule has 0 aliphatic carbocycles. The van der Waals surface area contributed by atoms with Crippen LogP contribution in [0.4, 0.5) is 0 Å². The van der Waals surface area contributed by atoms with Gasteiger partial charge in [0.25, 0.3) is 0 Å². The fourth-order valence-electron chi connectivity index (χ4n) is 1.90. The van der Waals surface area contributed by atoms with Crippen LogP contribution in [0.5, 0.6) is 0 Å². The van der Waals surface area contributed by atoms with E-state index in [1.54, 1.807) is 0 Å². The van der Waals surface area contributed by atoms with Crippen LogP contribution in [0.15, 0.2) is 0 Å². The Morgan fingerprint density at radius 1 is 1.21 bits per heavy atom. The average Bonchev–Trinajstić information content (AvgIpc) is 2.25. The van der Waals surface area contributed by atoms with Crippen LogP contribution in [-0.2, 0) is 4.74 Å². The predicted octanol–water partition coefficient (Wildman–Crippen LogP) is 1.47. The van der Waals surface area contributed by atoms with Crippen LogP contribution in [-0.4, -0.2) is 35.6 Å². The molecule has 1 aliphatic rings. The molecule has 3 heteroatoms. The third-order valence-electron chi connectivity index (χ3n) is 2.80. The van der Waals surface area contributed by atoms with E-state index < -0.39 is 0 Å². The molecule has 0 radical (unpaired) electrons. The number of ether oxygens (including phenoxy) is 1. The van der Waals surface area contributed by atoms with Gasteiger partial charge in [0.1, 0.15) is 0 Å². The zero-order chi connectivity index (χ0) is 10.2. The summed E-state index contributed by atoms with van der Waals surface area (Å²) in [4.78, 5) is 0. The molecule has 2 N–H and O–H groups in total. The molecule has 0 aromatic rings. The molecule has 2 atom stereocenters. The average molecular weight is 202 g/mol. The third kappa shape index (κ3) is 4.40. The van der Waals surface area contributed by atoms with Crippen molar-refractivity contribution in [1.82, 2.24) is 0 Å². The number of hydrogen-bond donors (Lipinski definition) is 2. The standard InChI is InChI=1S/C11H22O3/c12-8-4-1-2-6-10(13)11-7-3-5-9-14-11/h10-13H,1-9H2. The highest BCUT2D eigenvalue weighted by Gasteiger charge is 2.21. The van der Waals surface area contributed by atoms with Crippen molar-refractivity contribution in [3.8, 4) is 0 Å². The van der Waals surface area contributed by atoms with Crippen molar-refractivity contribution >= 4 is 0 Å². The maximum absolute atomic E-state index is 9.79. The number of aliphatic hydroxyl groups excluding tert-OH is 2. The Labute approximate surface area is 86.1 Å².